The van der Waals surface area contributed by atoms with E-state index in [9.17, 15) is 9.59 Å². The molecule has 0 rings (SSSR count). The van der Waals surface area contributed by atoms with Crippen LogP contribution in [0.25, 0.3) is 0 Å². The van der Waals surface area contributed by atoms with Gasteiger partial charge in [-0.2, -0.15) is 0 Å². The molecular weight excluding hydrogens is 172 g/mol. The molecule has 0 aliphatic carbocycles. The molecule has 0 fully saturated rings. The van der Waals surface area contributed by atoms with Gasteiger partial charge in [-0.15, -0.1) is 0 Å². The third-order valence-electron chi connectivity index (χ3n) is 1.74. The summed E-state index contributed by atoms with van der Waals surface area (Å²) in [5, 5.41) is 11.0. The lowest BCUT2D eigenvalue weighted by Gasteiger charge is -2.29. The van der Waals surface area contributed by atoms with Gasteiger partial charge in [-0.25, -0.2) is 4.79 Å². The van der Waals surface area contributed by atoms with Gasteiger partial charge in [0.2, 0.25) is 0 Å². The second kappa shape index (κ2) is 4.11. The number of primary amides is 1. The van der Waals surface area contributed by atoms with Gasteiger partial charge in [0, 0.05) is 6.04 Å². The van der Waals surface area contributed by atoms with Gasteiger partial charge in [0.25, 0.3) is 0 Å². The Hall–Kier alpha value is -1.26. The smallest absolute Gasteiger partial charge is 0.312 e. The van der Waals surface area contributed by atoms with Crippen molar-refractivity contribution in [3.63, 3.8) is 0 Å². The molecule has 4 N–H and O–H groups in total. The predicted octanol–water partition coefficient (Wildman–Crippen LogP) is 0.544. The molecule has 0 aliphatic heterocycles. The van der Waals surface area contributed by atoms with Gasteiger partial charge >= 0.3 is 12.0 Å². The SMILES string of the molecule is CC(C)(C)C(CC(=O)O)NC(N)=O. The van der Waals surface area contributed by atoms with Gasteiger partial charge in [0.05, 0.1) is 6.42 Å². The van der Waals surface area contributed by atoms with E-state index in [0.29, 0.717) is 0 Å². The van der Waals surface area contributed by atoms with Gasteiger partial charge in [-0.05, 0) is 5.41 Å². The number of carbonyl (C=O) groups excluding carboxylic acids is 1. The van der Waals surface area contributed by atoms with E-state index >= 15 is 0 Å². The third-order valence-corrected chi connectivity index (χ3v) is 1.74. The first-order valence-electron chi connectivity index (χ1n) is 4.01. The fourth-order valence-electron chi connectivity index (χ4n) is 0.920. The van der Waals surface area contributed by atoms with E-state index in [0.717, 1.165) is 0 Å². The molecule has 0 aromatic rings. The fraction of sp³-hybridized carbons (Fsp3) is 0.750. The minimum absolute atomic E-state index is 0.119. The highest BCUT2D eigenvalue weighted by atomic mass is 16.4. The van der Waals surface area contributed by atoms with E-state index in [4.69, 9.17) is 10.8 Å². The number of hydrogen-bond donors (Lipinski definition) is 3. The van der Waals surface area contributed by atoms with Crippen LogP contribution in [0.4, 0.5) is 4.79 Å². The quantitative estimate of drug-likeness (QED) is 0.603. The maximum absolute atomic E-state index is 10.6. The number of aliphatic carboxylic acids is 1. The number of urea groups is 1. The monoisotopic (exact) mass is 188 g/mol. The van der Waals surface area contributed by atoms with Crippen LogP contribution >= 0.6 is 0 Å². The Labute approximate surface area is 77.3 Å². The summed E-state index contributed by atoms with van der Waals surface area (Å²) >= 11 is 0. The van der Waals surface area contributed by atoms with Crippen molar-refractivity contribution < 1.29 is 14.7 Å². The Bertz CT molecular complexity index is 192. The van der Waals surface area contributed by atoms with Crippen molar-refractivity contribution >= 4 is 12.0 Å². The van der Waals surface area contributed by atoms with E-state index in [1.165, 1.54) is 0 Å². The van der Waals surface area contributed by atoms with Crippen molar-refractivity contribution in [3.8, 4) is 0 Å². The Balaban J connectivity index is 4.37. The molecule has 0 spiro atoms. The van der Waals surface area contributed by atoms with E-state index in [1.807, 2.05) is 20.8 Å². The minimum Gasteiger partial charge on any atom is -0.481 e. The summed E-state index contributed by atoms with van der Waals surface area (Å²) < 4.78 is 0. The molecule has 0 saturated carbocycles. The molecule has 13 heavy (non-hydrogen) atoms. The maximum atomic E-state index is 10.6. The van der Waals surface area contributed by atoms with Crippen molar-refractivity contribution in [3.05, 3.63) is 0 Å². The summed E-state index contributed by atoms with van der Waals surface area (Å²) in [5.74, 6) is -0.950. The standard InChI is InChI=1S/C8H16N2O3/c1-8(2,3)5(4-6(11)12)10-7(9)13/h5H,4H2,1-3H3,(H,11,12)(H3,9,10,13). The summed E-state index contributed by atoms with van der Waals surface area (Å²) in [6.07, 6.45) is -0.119. The van der Waals surface area contributed by atoms with Gasteiger partial charge in [-0.1, -0.05) is 20.8 Å². The average Bonchev–Trinajstić information content (AvgIpc) is 1.81. The summed E-state index contributed by atoms with van der Waals surface area (Å²) in [6.45, 7) is 5.53. The van der Waals surface area contributed by atoms with Crippen LogP contribution < -0.4 is 11.1 Å². The van der Waals surface area contributed by atoms with Crippen molar-refractivity contribution in [1.29, 1.82) is 0 Å². The summed E-state index contributed by atoms with van der Waals surface area (Å²) in [7, 11) is 0. The molecule has 1 unspecified atom stereocenters. The Morgan fingerprint density at radius 1 is 1.46 bits per heavy atom. The van der Waals surface area contributed by atoms with Crippen LogP contribution in [0.3, 0.4) is 0 Å². The maximum Gasteiger partial charge on any atom is 0.312 e. The van der Waals surface area contributed by atoms with Crippen LogP contribution in [0, 0.1) is 5.41 Å². The third kappa shape index (κ3) is 5.05. The molecular formula is C8H16N2O3. The molecule has 5 nitrogen and oxygen atoms in total. The van der Waals surface area contributed by atoms with Crippen LogP contribution in [-0.4, -0.2) is 23.1 Å². The van der Waals surface area contributed by atoms with E-state index in [1.54, 1.807) is 0 Å². The molecule has 0 aromatic carbocycles. The minimum atomic E-state index is -0.950. The van der Waals surface area contributed by atoms with Crippen LogP contribution in [0.1, 0.15) is 27.2 Å². The number of hydrogen-bond acceptors (Lipinski definition) is 2. The molecule has 2 amide bonds. The number of carboxylic acids is 1. The van der Waals surface area contributed by atoms with Crippen LogP contribution in [0.2, 0.25) is 0 Å². The van der Waals surface area contributed by atoms with E-state index < -0.39 is 18.0 Å². The first-order valence-corrected chi connectivity index (χ1v) is 4.01. The second-order valence-corrected chi connectivity index (χ2v) is 4.03. The summed E-state index contributed by atoms with van der Waals surface area (Å²) in [4.78, 5) is 21.0. The number of nitrogens with one attached hydrogen (secondary N) is 1. The summed E-state index contributed by atoms with van der Waals surface area (Å²) in [5.41, 5.74) is 4.61. The molecule has 0 heterocycles. The zero-order valence-corrected chi connectivity index (χ0v) is 8.13. The van der Waals surface area contributed by atoms with Gasteiger partial charge < -0.3 is 16.2 Å². The lowest BCUT2D eigenvalue weighted by atomic mass is 9.85. The lowest BCUT2D eigenvalue weighted by molar-refractivity contribution is -0.138. The Morgan fingerprint density at radius 3 is 2.15 bits per heavy atom. The largest absolute Gasteiger partial charge is 0.481 e. The first-order chi connectivity index (χ1) is 5.73. The molecule has 0 radical (unpaired) electrons. The molecule has 0 aliphatic rings. The van der Waals surface area contributed by atoms with Crippen LogP contribution in [-0.2, 0) is 4.79 Å². The molecule has 1 atom stereocenters. The topological polar surface area (TPSA) is 92.4 Å². The van der Waals surface area contributed by atoms with Crippen LogP contribution in [0.5, 0.6) is 0 Å². The molecule has 76 valence electrons. The predicted molar refractivity (Wildman–Crippen MR) is 48.2 cm³/mol. The molecule has 0 saturated heterocycles. The van der Waals surface area contributed by atoms with Crippen LogP contribution in [0.15, 0.2) is 0 Å². The van der Waals surface area contributed by atoms with Crippen molar-refractivity contribution in [2.75, 3.05) is 0 Å². The fourth-order valence-corrected chi connectivity index (χ4v) is 0.920. The highest BCUT2D eigenvalue weighted by Crippen LogP contribution is 2.21. The van der Waals surface area contributed by atoms with Crippen molar-refractivity contribution in [2.45, 2.75) is 33.2 Å². The molecule has 0 aromatic heterocycles. The van der Waals surface area contributed by atoms with E-state index in [-0.39, 0.29) is 11.8 Å². The van der Waals surface area contributed by atoms with Gasteiger partial charge in [0.1, 0.15) is 0 Å². The van der Waals surface area contributed by atoms with Gasteiger partial charge in [-0.3, -0.25) is 4.79 Å². The normalized spacial score (nSPS) is 13.5. The zero-order chi connectivity index (χ0) is 10.6. The Morgan fingerprint density at radius 2 is 1.92 bits per heavy atom. The first kappa shape index (κ1) is 11.7. The number of carboxylic acid groups (broad SMARTS) is 1. The second-order valence-electron chi connectivity index (χ2n) is 4.03. The van der Waals surface area contributed by atoms with Crippen molar-refractivity contribution in [2.24, 2.45) is 11.1 Å². The van der Waals surface area contributed by atoms with E-state index in [2.05, 4.69) is 5.32 Å². The summed E-state index contributed by atoms with van der Waals surface area (Å²) in [6, 6.07) is -1.14. The Kier molecular flexibility index (Phi) is 3.71. The highest BCUT2D eigenvalue weighted by molar-refractivity contribution is 5.74. The number of amides is 2. The van der Waals surface area contributed by atoms with Crippen molar-refractivity contribution in [1.82, 2.24) is 5.32 Å². The average molecular weight is 188 g/mol. The number of rotatable bonds is 3. The number of carbonyl (C=O) groups is 2. The zero-order valence-electron chi connectivity index (χ0n) is 8.13. The number of nitrogens with two attached hydrogens (primary N) is 1. The van der Waals surface area contributed by atoms with Gasteiger partial charge in [0.15, 0.2) is 0 Å². The molecule has 0 bridgehead atoms. The lowest BCUT2D eigenvalue weighted by Crippen LogP contribution is -2.47. The highest BCUT2D eigenvalue weighted by Gasteiger charge is 2.27. The molecule has 5 heteroatoms.